The van der Waals surface area contributed by atoms with Crippen LogP contribution in [-0.2, 0) is 14.3 Å². The van der Waals surface area contributed by atoms with Crippen molar-refractivity contribution in [3.63, 3.8) is 0 Å². The van der Waals surface area contributed by atoms with Crippen LogP contribution in [0.15, 0.2) is 30.3 Å². The molecule has 132 valence electrons. The molecule has 1 saturated heterocycles. The Labute approximate surface area is 143 Å². The first-order chi connectivity index (χ1) is 11.5. The van der Waals surface area contributed by atoms with Crippen LogP contribution in [0.25, 0.3) is 0 Å². The van der Waals surface area contributed by atoms with Gasteiger partial charge in [-0.05, 0) is 26.0 Å². The third-order valence-corrected chi connectivity index (χ3v) is 4.05. The number of rotatable bonds is 7. The van der Waals surface area contributed by atoms with E-state index in [9.17, 15) is 9.59 Å². The van der Waals surface area contributed by atoms with Gasteiger partial charge in [0.1, 0.15) is 0 Å². The third kappa shape index (κ3) is 6.29. The Morgan fingerprint density at radius 2 is 2.00 bits per heavy atom. The van der Waals surface area contributed by atoms with Gasteiger partial charge in [-0.3, -0.25) is 14.5 Å². The van der Waals surface area contributed by atoms with Gasteiger partial charge >= 0.3 is 0 Å². The molecule has 1 aromatic rings. The molecule has 0 aromatic heterocycles. The van der Waals surface area contributed by atoms with Gasteiger partial charge in [0.05, 0.1) is 19.1 Å². The fraction of sp³-hybridized carbons (Fsp3) is 0.556. The Balaban J connectivity index is 1.63. The quantitative estimate of drug-likeness (QED) is 0.796. The molecular formula is C18H27N3O3. The summed E-state index contributed by atoms with van der Waals surface area (Å²) in [6.45, 7) is 6.98. The smallest absolute Gasteiger partial charge is 0.226 e. The van der Waals surface area contributed by atoms with Gasteiger partial charge in [-0.1, -0.05) is 18.2 Å². The molecule has 6 nitrogen and oxygen atoms in total. The molecule has 1 atom stereocenters. The number of ether oxygens (including phenoxy) is 1. The molecule has 0 saturated carbocycles. The van der Waals surface area contributed by atoms with Gasteiger partial charge in [0.2, 0.25) is 11.8 Å². The SMILES string of the molecule is CC(C)N1CCOC(CC(=O)NCCC(=O)Nc2ccccc2)C1. The topological polar surface area (TPSA) is 70.7 Å². The van der Waals surface area contributed by atoms with E-state index in [1.165, 1.54) is 0 Å². The average molecular weight is 333 g/mol. The fourth-order valence-electron chi connectivity index (χ4n) is 2.67. The molecule has 1 aliphatic rings. The van der Waals surface area contributed by atoms with E-state index < -0.39 is 0 Å². The standard InChI is InChI=1S/C18H27N3O3/c1-14(2)21-10-11-24-16(13-21)12-18(23)19-9-8-17(22)20-15-6-4-3-5-7-15/h3-7,14,16H,8-13H2,1-2H3,(H,19,23)(H,20,22). The van der Waals surface area contributed by atoms with E-state index in [4.69, 9.17) is 4.74 Å². The maximum atomic E-state index is 12.0. The van der Waals surface area contributed by atoms with Crippen molar-refractivity contribution >= 4 is 17.5 Å². The third-order valence-electron chi connectivity index (χ3n) is 4.05. The van der Waals surface area contributed by atoms with Gasteiger partial charge in [0.25, 0.3) is 0 Å². The van der Waals surface area contributed by atoms with Gasteiger partial charge in [-0.25, -0.2) is 0 Å². The van der Waals surface area contributed by atoms with Crippen molar-refractivity contribution in [1.29, 1.82) is 0 Å². The van der Waals surface area contributed by atoms with E-state index in [1.807, 2.05) is 30.3 Å². The maximum Gasteiger partial charge on any atom is 0.226 e. The highest BCUT2D eigenvalue weighted by molar-refractivity contribution is 5.91. The molecule has 0 radical (unpaired) electrons. The van der Waals surface area contributed by atoms with Crippen molar-refractivity contribution < 1.29 is 14.3 Å². The first-order valence-electron chi connectivity index (χ1n) is 8.52. The number of hydrogen-bond acceptors (Lipinski definition) is 4. The van der Waals surface area contributed by atoms with Gasteiger partial charge < -0.3 is 15.4 Å². The number of hydrogen-bond donors (Lipinski definition) is 2. The Morgan fingerprint density at radius 3 is 2.71 bits per heavy atom. The minimum atomic E-state index is -0.110. The van der Waals surface area contributed by atoms with Crippen molar-refractivity contribution in [2.75, 3.05) is 31.6 Å². The molecule has 2 amide bonds. The number of carbonyl (C=O) groups is 2. The highest BCUT2D eigenvalue weighted by atomic mass is 16.5. The summed E-state index contributed by atoms with van der Waals surface area (Å²) in [6, 6.07) is 9.74. The van der Waals surface area contributed by atoms with Crippen molar-refractivity contribution in [2.45, 2.75) is 38.8 Å². The van der Waals surface area contributed by atoms with Gasteiger partial charge in [-0.15, -0.1) is 0 Å². The number of anilines is 1. The summed E-state index contributed by atoms with van der Waals surface area (Å²) >= 11 is 0. The number of nitrogens with one attached hydrogen (secondary N) is 2. The zero-order chi connectivity index (χ0) is 17.4. The van der Waals surface area contributed by atoms with Crippen LogP contribution in [0.3, 0.4) is 0 Å². The molecule has 1 unspecified atom stereocenters. The molecule has 2 rings (SSSR count). The largest absolute Gasteiger partial charge is 0.375 e. The van der Waals surface area contributed by atoms with E-state index >= 15 is 0 Å². The van der Waals surface area contributed by atoms with Crippen LogP contribution in [-0.4, -0.2) is 55.1 Å². The van der Waals surface area contributed by atoms with Crippen molar-refractivity contribution in [3.8, 4) is 0 Å². The van der Waals surface area contributed by atoms with Crippen LogP contribution < -0.4 is 10.6 Å². The van der Waals surface area contributed by atoms with Crippen LogP contribution in [0.1, 0.15) is 26.7 Å². The fourth-order valence-corrected chi connectivity index (χ4v) is 2.67. The second-order valence-corrected chi connectivity index (χ2v) is 6.30. The van der Waals surface area contributed by atoms with Crippen molar-refractivity contribution in [2.24, 2.45) is 0 Å². The second kappa shape index (κ2) is 9.39. The summed E-state index contributed by atoms with van der Waals surface area (Å²) in [5, 5.41) is 5.59. The lowest BCUT2D eigenvalue weighted by Gasteiger charge is -2.35. The van der Waals surface area contributed by atoms with Gasteiger partial charge in [0.15, 0.2) is 0 Å². The van der Waals surface area contributed by atoms with Crippen LogP contribution in [0.4, 0.5) is 5.69 Å². The van der Waals surface area contributed by atoms with Crippen molar-refractivity contribution in [3.05, 3.63) is 30.3 Å². The number of nitrogens with zero attached hydrogens (tertiary/aromatic N) is 1. The summed E-state index contributed by atoms with van der Waals surface area (Å²) in [7, 11) is 0. The predicted molar refractivity (Wildman–Crippen MR) is 93.8 cm³/mol. The summed E-state index contributed by atoms with van der Waals surface area (Å²) in [4.78, 5) is 26.1. The predicted octanol–water partition coefficient (Wildman–Crippen LogP) is 1.63. The summed E-state index contributed by atoms with van der Waals surface area (Å²) in [5.74, 6) is -0.181. The number of carbonyl (C=O) groups excluding carboxylic acids is 2. The summed E-state index contributed by atoms with van der Waals surface area (Å²) < 4.78 is 5.65. The minimum Gasteiger partial charge on any atom is -0.375 e. The molecule has 1 heterocycles. The first kappa shape index (κ1) is 18.4. The molecule has 1 aromatic carbocycles. The minimum absolute atomic E-state index is 0.0701. The normalized spacial score (nSPS) is 18.4. The molecular weight excluding hydrogens is 306 g/mol. The average Bonchev–Trinajstić information content (AvgIpc) is 2.56. The second-order valence-electron chi connectivity index (χ2n) is 6.30. The molecule has 0 bridgehead atoms. The van der Waals surface area contributed by atoms with Crippen molar-refractivity contribution in [1.82, 2.24) is 10.2 Å². The number of para-hydroxylation sites is 1. The Morgan fingerprint density at radius 1 is 1.25 bits per heavy atom. The number of morpholine rings is 1. The molecule has 0 spiro atoms. The van der Waals surface area contributed by atoms with E-state index in [-0.39, 0.29) is 24.3 Å². The number of benzene rings is 1. The lowest BCUT2D eigenvalue weighted by molar-refractivity contribution is -0.126. The summed E-state index contributed by atoms with van der Waals surface area (Å²) in [5.41, 5.74) is 0.762. The van der Waals surface area contributed by atoms with Crippen LogP contribution in [0.5, 0.6) is 0 Å². The molecule has 0 aliphatic carbocycles. The molecule has 24 heavy (non-hydrogen) atoms. The summed E-state index contributed by atoms with van der Waals surface area (Å²) in [6.07, 6.45) is 0.521. The Kier molecular flexibility index (Phi) is 7.21. The molecule has 6 heteroatoms. The maximum absolute atomic E-state index is 12.0. The van der Waals surface area contributed by atoms with E-state index in [2.05, 4.69) is 29.4 Å². The highest BCUT2D eigenvalue weighted by Crippen LogP contribution is 2.11. The van der Waals surface area contributed by atoms with E-state index in [0.717, 1.165) is 18.8 Å². The lowest BCUT2D eigenvalue weighted by atomic mass is 10.1. The molecule has 1 fully saturated rings. The van der Waals surface area contributed by atoms with E-state index in [1.54, 1.807) is 0 Å². The van der Waals surface area contributed by atoms with E-state index in [0.29, 0.717) is 25.6 Å². The molecule has 2 N–H and O–H groups in total. The monoisotopic (exact) mass is 333 g/mol. The van der Waals surface area contributed by atoms with Gasteiger partial charge in [-0.2, -0.15) is 0 Å². The van der Waals surface area contributed by atoms with Gasteiger partial charge in [0, 0.05) is 37.8 Å². The molecule has 1 aliphatic heterocycles. The van der Waals surface area contributed by atoms with Crippen LogP contribution in [0, 0.1) is 0 Å². The Hall–Kier alpha value is -1.92. The lowest BCUT2D eigenvalue weighted by Crippen LogP contribution is -2.47. The number of amides is 2. The van der Waals surface area contributed by atoms with Crippen LogP contribution >= 0.6 is 0 Å². The zero-order valence-corrected chi connectivity index (χ0v) is 14.5. The van der Waals surface area contributed by atoms with Crippen LogP contribution in [0.2, 0.25) is 0 Å². The first-order valence-corrected chi connectivity index (χ1v) is 8.52. The zero-order valence-electron chi connectivity index (χ0n) is 14.5. The Bertz CT molecular complexity index is 534. The highest BCUT2D eigenvalue weighted by Gasteiger charge is 2.24.